The quantitative estimate of drug-likeness (QED) is 0.721. The largest absolute Gasteiger partial charge is 0.338 e. The molecule has 0 bridgehead atoms. The molecular formula is C16H18N2O. The Morgan fingerprint density at radius 1 is 1.21 bits per heavy atom. The summed E-state index contributed by atoms with van der Waals surface area (Å²) in [4.78, 5) is 15.0. The van der Waals surface area contributed by atoms with Crippen molar-refractivity contribution in [1.82, 2.24) is 9.47 Å². The first-order valence-electron chi connectivity index (χ1n) is 7.05. The van der Waals surface area contributed by atoms with E-state index in [0.29, 0.717) is 11.7 Å². The van der Waals surface area contributed by atoms with E-state index >= 15 is 0 Å². The Labute approximate surface area is 112 Å². The molecule has 2 aliphatic rings. The first-order valence-corrected chi connectivity index (χ1v) is 7.05. The van der Waals surface area contributed by atoms with E-state index in [1.807, 2.05) is 6.07 Å². The van der Waals surface area contributed by atoms with E-state index < -0.39 is 0 Å². The Balaban J connectivity index is 1.86. The van der Waals surface area contributed by atoms with Gasteiger partial charge in [0, 0.05) is 29.9 Å². The fourth-order valence-corrected chi connectivity index (χ4v) is 3.78. The van der Waals surface area contributed by atoms with Gasteiger partial charge in [0.2, 0.25) is 0 Å². The number of nitrogens with zero attached hydrogens (tertiary/aromatic N) is 2. The van der Waals surface area contributed by atoms with Gasteiger partial charge in [-0.1, -0.05) is 18.2 Å². The molecule has 2 aliphatic heterocycles. The van der Waals surface area contributed by atoms with Crippen molar-refractivity contribution >= 4 is 16.7 Å². The molecule has 3 heterocycles. The second-order valence-electron chi connectivity index (χ2n) is 5.98. The number of piperidine rings is 1. The van der Waals surface area contributed by atoms with E-state index in [2.05, 4.69) is 40.8 Å². The van der Waals surface area contributed by atoms with Crippen LogP contribution in [0, 0.1) is 11.8 Å². The third-order valence-electron chi connectivity index (χ3n) is 4.75. The van der Waals surface area contributed by atoms with E-state index in [0.717, 1.165) is 31.7 Å². The van der Waals surface area contributed by atoms with Gasteiger partial charge in [-0.15, -0.1) is 0 Å². The monoisotopic (exact) mass is 254 g/mol. The lowest BCUT2D eigenvalue weighted by atomic mass is 9.79. The van der Waals surface area contributed by atoms with E-state index in [1.54, 1.807) is 0 Å². The number of benzene rings is 1. The summed E-state index contributed by atoms with van der Waals surface area (Å²) >= 11 is 0. The van der Waals surface area contributed by atoms with Gasteiger partial charge in [-0.3, -0.25) is 4.79 Å². The molecule has 0 radical (unpaired) electrons. The minimum absolute atomic E-state index is 0.244. The molecule has 0 unspecified atom stereocenters. The SMILES string of the molecule is CN1CC[C@H]2C(=O)c3cc4ccccc4n3C[C@@H]2C1. The van der Waals surface area contributed by atoms with Gasteiger partial charge < -0.3 is 9.47 Å². The Morgan fingerprint density at radius 3 is 2.95 bits per heavy atom. The van der Waals surface area contributed by atoms with Crippen LogP contribution < -0.4 is 0 Å². The van der Waals surface area contributed by atoms with Crippen LogP contribution in [0.5, 0.6) is 0 Å². The predicted molar refractivity (Wildman–Crippen MR) is 75.4 cm³/mol. The summed E-state index contributed by atoms with van der Waals surface area (Å²) in [5, 5.41) is 1.19. The molecule has 4 rings (SSSR count). The Bertz CT molecular complexity index is 658. The third-order valence-corrected chi connectivity index (χ3v) is 4.75. The van der Waals surface area contributed by atoms with Crippen molar-refractivity contribution < 1.29 is 4.79 Å². The lowest BCUT2D eigenvalue weighted by Gasteiger charge is -2.39. The van der Waals surface area contributed by atoms with Gasteiger partial charge in [-0.2, -0.15) is 0 Å². The van der Waals surface area contributed by atoms with E-state index in [9.17, 15) is 4.79 Å². The van der Waals surface area contributed by atoms with Crippen LogP contribution in [0.3, 0.4) is 0 Å². The maximum absolute atomic E-state index is 12.7. The predicted octanol–water partition coefficient (Wildman–Crippen LogP) is 2.41. The van der Waals surface area contributed by atoms with Gasteiger partial charge in [0.1, 0.15) is 0 Å². The summed E-state index contributed by atoms with van der Waals surface area (Å²) in [5.41, 5.74) is 2.13. The van der Waals surface area contributed by atoms with Crippen molar-refractivity contribution in [2.24, 2.45) is 11.8 Å². The summed E-state index contributed by atoms with van der Waals surface area (Å²) in [6.45, 7) is 3.08. The zero-order valence-corrected chi connectivity index (χ0v) is 11.2. The van der Waals surface area contributed by atoms with Gasteiger partial charge in [-0.05, 0) is 38.1 Å². The Hall–Kier alpha value is -1.61. The number of ketones is 1. The van der Waals surface area contributed by atoms with Crippen LogP contribution in [0.4, 0.5) is 0 Å². The van der Waals surface area contributed by atoms with Crippen LogP contribution in [-0.2, 0) is 6.54 Å². The minimum Gasteiger partial charge on any atom is -0.338 e. The normalized spacial score (nSPS) is 27.3. The molecule has 3 heteroatoms. The van der Waals surface area contributed by atoms with Crippen LogP contribution in [0.2, 0.25) is 0 Å². The van der Waals surface area contributed by atoms with Crippen molar-refractivity contribution in [3.05, 3.63) is 36.0 Å². The van der Waals surface area contributed by atoms with Gasteiger partial charge >= 0.3 is 0 Å². The standard InChI is InChI=1S/C16H18N2O/c1-17-7-6-13-12(9-17)10-18-14-5-3-2-4-11(14)8-15(18)16(13)19/h2-5,8,12-13H,6-7,9-10H2,1H3/t12-,13+/m0/s1. The molecule has 0 amide bonds. The molecule has 3 nitrogen and oxygen atoms in total. The molecule has 0 N–H and O–H groups in total. The summed E-state index contributed by atoms with van der Waals surface area (Å²) in [6.07, 6.45) is 1.02. The van der Waals surface area contributed by atoms with E-state index in [4.69, 9.17) is 0 Å². The fraction of sp³-hybridized carbons (Fsp3) is 0.438. The Kier molecular flexibility index (Phi) is 2.33. The summed E-state index contributed by atoms with van der Waals surface area (Å²) < 4.78 is 2.23. The van der Waals surface area contributed by atoms with Gasteiger partial charge in [-0.25, -0.2) is 0 Å². The molecule has 0 saturated carbocycles. The molecule has 0 spiro atoms. The number of aromatic nitrogens is 1. The third kappa shape index (κ3) is 1.58. The molecule has 1 fully saturated rings. The highest BCUT2D eigenvalue weighted by atomic mass is 16.1. The highest BCUT2D eigenvalue weighted by molar-refractivity contribution is 6.02. The van der Waals surface area contributed by atoms with E-state index in [1.165, 1.54) is 10.9 Å². The topological polar surface area (TPSA) is 25.2 Å². The second kappa shape index (κ2) is 3.94. The molecule has 2 aromatic rings. The highest BCUT2D eigenvalue weighted by Crippen LogP contribution is 2.35. The van der Waals surface area contributed by atoms with Crippen molar-refractivity contribution in [3.8, 4) is 0 Å². The van der Waals surface area contributed by atoms with Crippen LogP contribution in [0.25, 0.3) is 10.9 Å². The van der Waals surface area contributed by atoms with Crippen LogP contribution in [0.1, 0.15) is 16.9 Å². The first kappa shape index (κ1) is 11.2. The molecule has 1 aromatic carbocycles. The molecule has 0 aliphatic carbocycles. The number of Topliss-reactive ketones (excluding diaryl/α,β-unsaturated/α-hetero) is 1. The number of likely N-dealkylation sites (tertiary alicyclic amines) is 1. The smallest absolute Gasteiger partial charge is 0.182 e. The second-order valence-corrected chi connectivity index (χ2v) is 5.98. The lowest BCUT2D eigenvalue weighted by Crippen LogP contribution is -2.46. The van der Waals surface area contributed by atoms with Crippen molar-refractivity contribution in [2.75, 3.05) is 20.1 Å². The van der Waals surface area contributed by atoms with Gasteiger partial charge in [0.25, 0.3) is 0 Å². The average molecular weight is 254 g/mol. The van der Waals surface area contributed by atoms with Crippen LogP contribution in [-0.4, -0.2) is 35.4 Å². The van der Waals surface area contributed by atoms with Gasteiger partial charge in [0.05, 0.1) is 5.69 Å². The maximum Gasteiger partial charge on any atom is 0.182 e. The molecule has 1 saturated heterocycles. The zero-order chi connectivity index (χ0) is 13.0. The van der Waals surface area contributed by atoms with Crippen molar-refractivity contribution in [3.63, 3.8) is 0 Å². The highest BCUT2D eigenvalue weighted by Gasteiger charge is 2.39. The number of carbonyl (C=O) groups excluding carboxylic acids is 1. The minimum atomic E-state index is 0.244. The number of fused-ring (bicyclic) bond motifs is 4. The Morgan fingerprint density at radius 2 is 2.05 bits per heavy atom. The average Bonchev–Trinajstić information content (AvgIpc) is 2.78. The lowest BCUT2D eigenvalue weighted by molar-refractivity contribution is 0.0651. The maximum atomic E-state index is 12.7. The number of hydrogen-bond acceptors (Lipinski definition) is 2. The number of rotatable bonds is 0. The number of hydrogen-bond donors (Lipinski definition) is 0. The van der Waals surface area contributed by atoms with Crippen LogP contribution >= 0.6 is 0 Å². The van der Waals surface area contributed by atoms with Crippen LogP contribution in [0.15, 0.2) is 30.3 Å². The summed E-state index contributed by atoms with van der Waals surface area (Å²) in [7, 11) is 2.16. The fourth-order valence-electron chi connectivity index (χ4n) is 3.78. The zero-order valence-electron chi connectivity index (χ0n) is 11.2. The number of para-hydroxylation sites is 1. The molecule has 19 heavy (non-hydrogen) atoms. The molecule has 98 valence electrons. The van der Waals surface area contributed by atoms with E-state index in [-0.39, 0.29) is 5.92 Å². The number of carbonyl (C=O) groups is 1. The summed E-state index contributed by atoms with van der Waals surface area (Å²) in [6, 6.07) is 10.4. The first-order chi connectivity index (χ1) is 9.24. The van der Waals surface area contributed by atoms with Crippen molar-refractivity contribution in [1.29, 1.82) is 0 Å². The molecule has 2 atom stereocenters. The van der Waals surface area contributed by atoms with Gasteiger partial charge in [0.15, 0.2) is 5.78 Å². The van der Waals surface area contributed by atoms with Crippen molar-refractivity contribution in [2.45, 2.75) is 13.0 Å². The molecular weight excluding hydrogens is 236 g/mol. The molecule has 1 aromatic heterocycles. The summed E-state index contributed by atoms with van der Waals surface area (Å²) in [5.74, 6) is 1.09.